The van der Waals surface area contributed by atoms with Crippen LogP contribution in [0, 0.1) is 0 Å². The number of halogens is 1. The standard InChI is InChI=1S/C9H13N3O.ClH/c1-6(10)9(13)12-8-4-2-7(11)3-5-8;/h2-6H,10-11H2,1H3,(H,12,13);1H/t6-;/m1./s1. The van der Waals surface area contributed by atoms with Crippen molar-refractivity contribution in [3.05, 3.63) is 24.3 Å². The van der Waals surface area contributed by atoms with Gasteiger partial charge in [0.05, 0.1) is 6.04 Å². The molecule has 0 aliphatic heterocycles. The lowest BCUT2D eigenvalue weighted by Crippen LogP contribution is -2.32. The molecule has 1 aromatic rings. The number of nitrogen functional groups attached to an aromatic ring is 1. The zero-order valence-corrected chi connectivity index (χ0v) is 8.67. The summed E-state index contributed by atoms with van der Waals surface area (Å²) in [5, 5.41) is 2.65. The van der Waals surface area contributed by atoms with Gasteiger partial charge in [-0.1, -0.05) is 0 Å². The van der Waals surface area contributed by atoms with Gasteiger partial charge in [-0.15, -0.1) is 12.4 Å². The fourth-order valence-electron chi connectivity index (χ4n) is 0.823. The van der Waals surface area contributed by atoms with Gasteiger partial charge in [0, 0.05) is 11.4 Å². The Morgan fingerprint density at radius 2 is 1.86 bits per heavy atom. The van der Waals surface area contributed by atoms with Crippen molar-refractivity contribution in [2.45, 2.75) is 13.0 Å². The molecule has 5 N–H and O–H groups in total. The summed E-state index contributed by atoms with van der Waals surface area (Å²) in [5.74, 6) is -0.204. The Balaban J connectivity index is 0.00000169. The number of nitrogens with two attached hydrogens (primary N) is 2. The molecule has 5 heteroatoms. The van der Waals surface area contributed by atoms with Crippen molar-refractivity contribution >= 4 is 29.7 Å². The first-order valence-corrected chi connectivity index (χ1v) is 4.01. The quantitative estimate of drug-likeness (QED) is 0.644. The largest absolute Gasteiger partial charge is 0.399 e. The summed E-state index contributed by atoms with van der Waals surface area (Å²) in [5.41, 5.74) is 12.2. The lowest BCUT2D eigenvalue weighted by molar-refractivity contribution is -0.117. The normalized spacial score (nSPS) is 11.3. The van der Waals surface area contributed by atoms with Crippen molar-refractivity contribution in [3.8, 4) is 0 Å². The highest BCUT2D eigenvalue weighted by molar-refractivity contribution is 5.94. The van der Waals surface area contributed by atoms with E-state index in [1.54, 1.807) is 31.2 Å². The summed E-state index contributed by atoms with van der Waals surface area (Å²) in [4.78, 5) is 11.1. The van der Waals surface area contributed by atoms with Gasteiger partial charge in [-0.05, 0) is 31.2 Å². The number of benzene rings is 1. The molecular formula is C9H14ClN3O. The molecule has 0 saturated heterocycles. The number of carbonyl (C=O) groups is 1. The van der Waals surface area contributed by atoms with E-state index in [4.69, 9.17) is 11.5 Å². The van der Waals surface area contributed by atoms with Crippen LogP contribution in [0.5, 0.6) is 0 Å². The molecule has 0 radical (unpaired) electrons. The highest BCUT2D eigenvalue weighted by Gasteiger charge is 2.06. The van der Waals surface area contributed by atoms with Crippen molar-refractivity contribution in [3.63, 3.8) is 0 Å². The SMILES string of the molecule is C[C@@H](N)C(=O)Nc1ccc(N)cc1.Cl. The smallest absolute Gasteiger partial charge is 0.240 e. The summed E-state index contributed by atoms with van der Waals surface area (Å²) in [6, 6.07) is 6.40. The van der Waals surface area contributed by atoms with Crippen LogP contribution in [-0.2, 0) is 4.79 Å². The zero-order chi connectivity index (χ0) is 9.84. The molecule has 78 valence electrons. The lowest BCUT2D eigenvalue weighted by atomic mass is 10.2. The second-order valence-corrected chi connectivity index (χ2v) is 2.90. The molecule has 1 aromatic carbocycles. The number of hydrogen-bond acceptors (Lipinski definition) is 3. The second kappa shape index (κ2) is 5.47. The number of rotatable bonds is 2. The lowest BCUT2D eigenvalue weighted by Gasteiger charge is -2.07. The Hall–Kier alpha value is -1.26. The van der Waals surface area contributed by atoms with Crippen molar-refractivity contribution in [1.29, 1.82) is 0 Å². The molecule has 0 bridgehead atoms. The second-order valence-electron chi connectivity index (χ2n) is 2.90. The van der Waals surface area contributed by atoms with E-state index in [2.05, 4.69) is 5.32 Å². The van der Waals surface area contributed by atoms with Gasteiger partial charge in [-0.2, -0.15) is 0 Å². The van der Waals surface area contributed by atoms with Gasteiger partial charge < -0.3 is 16.8 Å². The predicted molar refractivity (Wildman–Crippen MR) is 60.4 cm³/mol. The van der Waals surface area contributed by atoms with Crippen LogP contribution >= 0.6 is 12.4 Å². The third-order valence-electron chi connectivity index (χ3n) is 1.59. The molecule has 0 aromatic heterocycles. The first kappa shape index (κ1) is 12.7. The van der Waals surface area contributed by atoms with Gasteiger partial charge in [-0.25, -0.2) is 0 Å². The van der Waals surface area contributed by atoms with Crippen LogP contribution in [0.15, 0.2) is 24.3 Å². The third-order valence-corrected chi connectivity index (χ3v) is 1.59. The van der Waals surface area contributed by atoms with Crippen molar-refractivity contribution in [1.82, 2.24) is 0 Å². The molecule has 1 amide bonds. The molecule has 0 saturated carbocycles. The van der Waals surface area contributed by atoms with E-state index in [-0.39, 0.29) is 18.3 Å². The van der Waals surface area contributed by atoms with Gasteiger partial charge in [0.2, 0.25) is 5.91 Å². The Labute approximate surface area is 89.1 Å². The molecule has 0 fully saturated rings. The average molecular weight is 216 g/mol. The van der Waals surface area contributed by atoms with Crippen LogP contribution < -0.4 is 16.8 Å². The van der Waals surface area contributed by atoms with E-state index in [9.17, 15) is 4.79 Å². The van der Waals surface area contributed by atoms with Crippen LogP contribution in [0.3, 0.4) is 0 Å². The van der Waals surface area contributed by atoms with Gasteiger partial charge in [0.25, 0.3) is 0 Å². The van der Waals surface area contributed by atoms with Crippen LogP contribution in [0.2, 0.25) is 0 Å². The van der Waals surface area contributed by atoms with Gasteiger partial charge in [0.1, 0.15) is 0 Å². The molecule has 0 aliphatic carbocycles. The molecular weight excluding hydrogens is 202 g/mol. The number of amides is 1. The van der Waals surface area contributed by atoms with Crippen LogP contribution in [0.25, 0.3) is 0 Å². The van der Waals surface area contributed by atoms with Gasteiger partial charge in [0.15, 0.2) is 0 Å². The van der Waals surface area contributed by atoms with E-state index in [0.29, 0.717) is 11.4 Å². The van der Waals surface area contributed by atoms with E-state index in [1.165, 1.54) is 0 Å². The molecule has 0 unspecified atom stereocenters. The number of nitrogens with one attached hydrogen (secondary N) is 1. The van der Waals surface area contributed by atoms with Crippen molar-refractivity contribution < 1.29 is 4.79 Å². The van der Waals surface area contributed by atoms with Gasteiger partial charge in [-0.3, -0.25) is 4.79 Å². The fourth-order valence-corrected chi connectivity index (χ4v) is 0.823. The first-order chi connectivity index (χ1) is 6.09. The van der Waals surface area contributed by atoms with E-state index in [1.807, 2.05) is 0 Å². The Bertz CT molecular complexity index is 297. The van der Waals surface area contributed by atoms with Crippen molar-refractivity contribution in [2.24, 2.45) is 5.73 Å². The van der Waals surface area contributed by atoms with E-state index in [0.717, 1.165) is 0 Å². The van der Waals surface area contributed by atoms with E-state index < -0.39 is 6.04 Å². The Morgan fingerprint density at radius 1 is 1.36 bits per heavy atom. The van der Waals surface area contributed by atoms with Crippen molar-refractivity contribution in [2.75, 3.05) is 11.1 Å². The minimum absolute atomic E-state index is 0. The molecule has 4 nitrogen and oxygen atoms in total. The molecule has 1 rings (SSSR count). The third kappa shape index (κ3) is 3.64. The van der Waals surface area contributed by atoms with Gasteiger partial charge >= 0.3 is 0 Å². The summed E-state index contributed by atoms with van der Waals surface area (Å²) < 4.78 is 0. The maximum absolute atomic E-state index is 11.1. The van der Waals surface area contributed by atoms with Crippen LogP contribution in [-0.4, -0.2) is 11.9 Å². The maximum atomic E-state index is 11.1. The molecule has 0 heterocycles. The highest BCUT2D eigenvalue weighted by atomic mass is 35.5. The molecule has 1 atom stereocenters. The molecule has 14 heavy (non-hydrogen) atoms. The monoisotopic (exact) mass is 215 g/mol. The van der Waals surface area contributed by atoms with Crippen LogP contribution in [0.1, 0.15) is 6.92 Å². The predicted octanol–water partition coefficient (Wildman–Crippen LogP) is 0.976. The highest BCUT2D eigenvalue weighted by Crippen LogP contribution is 2.10. The minimum atomic E-state index is -0.502. The first-order valence-electron chi connectivity index (χ1n) is 4.01. The summed E-state index contributed by atoms with van der Waals surface area (Å²) in [6.07, 6.45) is 0. The summed E-state index contributed by atoms with van der Waals surface area (Å²) in [7, 11) is 0. The van der Waals surface area contributed by atoms with E-state index >= 15 is 0 Å². The van der Waals surface area contributed by atoms with Crippen LogP contribution in [0.4, 0.5) is 11.4 Å². The number of hydrogen-bond donors (Lipinski definition) is 3. The topological polar surface area (TPSA) is 81.1 Å². The Kier molecular flexibility index (Phi) is 4.97. The average Bonchev–Trinajstić information content (AvgIpc) is 2.08. The summed E-state index contributed by atoms with van der Waals surface area (Å²) in [6.45, 7) is 1.63. The number of carbonyl (C=O) groups excluding carboxylic acids is 1. The zero-order valence-electron chi connectivity index (χ0n) is 7.86. The Morgan fingerprint density at radius 3 is 2.29 bits per heavy atom. The maximum Gasteiger partial charge on any atom is 0.240 e. The minimum Gasteiger partial charge on any atom is -0.399 e. The molecule has 0 spiro atoms. The summed E-state index contributed by atoms with van der Waals surface area (Å²) >= 11 is 0. The fraction of sp³-hybridized carbons (Fsp3) is 0.222. The molecule has 0 aliphatic rings. The number of anilines is 2.